The molecule has 22 heavy (non-hydrogen) atoms. The highest BCUT2D eigenvalue weighted by Gasteiger charge is 2.25. The maximum atomic E-state index is 14.6. The molecule has 4 heteroatoms. The lowest BCUT2D eigenvalue weighted by Crippen LogP contribution is -2.03. The van der Waals surface area contributed by atoms with Crippen molar-refractivity contribution in [3.05, 3.63) is 68.8 Å². The molecule has 0 amide bonds. The molecule has 1 aromatic heterocycles. The van der Waals surface area contributed by atoms with Crippen LogP contribution in [0.2, 0.25) is 5.15 Å². The lowest BCUT2D eigenvalue weighted by Gasteiger charge is -2.13. The molecule has 0 unspecified atom stereocenters. The van der Waals surface area contributed by atoms with Gasteiger partial charge in [-0.15, -0.1) is 0 Å². The van der Waals surface area contributed by atoms with Gasteiger partial charge in [-0.3, -0.25) is 0 Å². The van der Waals surface area contributed by atoms with Crippen LogP contribution in [-0.4, -0.2) is 4.98 Å². The number of halogens is 2. The van der Waals surface area contributed by atoms with Gasteiger partial charge in [-0.2, -0.15) is 5.26 Å². The molecule has 0 saturated heterocycles. The van der Waals surface area contributed by atoms with Crippen molar-refractivity contribution in [1.82, 2.24) is 4.98 Å². The molecular weight excluding hydrogens is 299 g/mol. The molecule has 0 spiro atoms. The number of pyridine rings is 1. The van der Waals surface area contributed by atoms with Gasteiger partial charge < -0.3 is 0 Å². The first-order valence-electron chi connectivity index (χ1n) is 7.02. The van der Waals surface area contributed by atoms with Crippen molar-refractivity contribution in [1.29, 1.82) is 5.26 Å². The maximum absolute atomic E-state index is 14.6. The van der Waals surface area contributed by atoms with Gasteiger partial charge in [0.1, 0.15) is 11.0 Å². The molecule has 0 atom stereocenters. The topological polar surface area (TPSA) is 36.7 Å². The summed E-state index contributed by atoms with van der Waals surface area (Å²) >= 11 is 5.91. The molecule has 0 N–H and O–H groups in total. The van der Waals surface area contributed by atoms with Crippen molar-refractivity contribution in [2.24, 2.45) is 0 Å². The fraction of sp³-hybridized carbons (Fsp3) is 0.222. The summed E-state index contributed by atoms with van der Waals surface area (Å²) in [5.41, 5.74) is 6.05. The van der Waals surface area contributed by atoms with Gasteiger partial charge in [-0.1, -0.05) is 17.2 Å². The molecule has 1 heterocycles. The van der Waals surface area contributed by atoms with E-state index in [9.17, 15) is 9.65 Å². The Labute approximate surface area is 133 Å². The Hall–Kier alpha value is -2.18. The van der Waals surface area contributed by atoms with Crippen molar-refractivity contribution in [3.63, 3.8) is 0 Å². The molecule has 2 aromatic rings. The second-order valence-electron chi connectivity index (χ2n) is 5.60. The Morgan fingerprint density at radius 1 is 1.36 bits per heavy atom. The number of benzene rings is 1. The maximum Gasteiger partial charge on any atom is 0.129 e. The van der Waals surface area contributed by atoms with Gasteiger partial charge in [-0.05, 0) is 60.7 Å². The average Bonchev–Trinajstić information content (AvgIpc) is 2.78. The Kier molecular flexibility index (Phi) is 3.72. The van der Waals surface area contributed by atoms with Crippen LogP contribution >= 0.6 is 11.6 Å². The summed E-state index contributed by atoms with van der Waals surface area (Å²) in [6.45, 7) is 4.02. The van der Waals surface area contributed by atoms with E-state index in [0.717, 1.165) is 22.3 Å². The lowest BCUT2D eigenvalue weighted by atomic mass is 9.91. The van der Waals surface area contributed by atoms with E-state index in [-0.39, 0.29) is 5.82 Å². The number of aromatic nitrogens is 1. The zero-order valence-corrected chi connectivity index (χ0v) is 13.1. The van der Waals surface area contributed by atoms with Crippen LogP contribution in [-0.2, 0) is 12.8 Å². The Morgan fingerprint density at radius 2 is 2.14 bits per heavy atom. The fourth-order valence-electron chi connectivity index (χ4n) is 3.01. The summed E-state index contributed by atoms with van der Waals surface area (Å²) in [5.74, 6) is -0.336. The number of hydrogen-bond donors (Lipinski definition) is 0. The Bertz CT molecular complexity index is 847. The highest BCUT2D eigenvalue weighted by atomic mass is 35.5. The van der Waals surface area contributed by atoms with E-state index in [2.05, 4.69) is 11.1 Å². The van der Waals surface area contributed by atoms with Crippen LogP contribution in [0.25, 0.3) is 5.57 Å². The van der Waals surface area contributed by atoms with Gasteiger partial charge in [0.2, 0.25) is 0 Å². The van der Waals surface area contributed by atoms with Crippen LogP contribution in [0, 0.1) is 17.1 Å². The normalized spacial score (nSPS) is 13.2. The molecule has 1 aliphatic rings. The molecule has 0 saturated carbocycles. The molecule has 3 rings (SSSR count). The SMILES string of the molecule is CC1=C(C)c2c(Cc3ccnc(Cl)c3)c(F)cc(C#N)c2C1. The number of allylic oxidation sites excluding steroid dienone is 2. The molecule has 0 aliphatic heterocycles. The highest BCUT2D eigenvalue weighted by molar-refractivity contribution is 6.29. The third kappa shape index (κ3) is 2.40. The second-order valence-corrected chi connectivity index (χ2v) is 5.98. The van der Waals surface area contributed by atoms with Gasteiger partial charge in [-0.25, -0.2) is 9.37 Å². The van der Waals surface area contributed by atoms with Crippen LogP contribution in [0.5, 0.6) is 0 Å². The van der Waals surface area contributed by atoms with Crippen LogP contribution in [0.4, 0.5) is 4.39 Å². The van der Waals surface area contributed by atoms with Crippen molar-refractivity contribution in [3.8, 4) is 6.07 Å². The Balaban J connectivity index is 2.17. The molecule has 1 aromatic carbocycles. The monoisotopic (exact) mass is 312 g/mol. The van der Waals surface area contributed by atoms with E-state index in [1.165, 1.54) is 11.6 Å². The van der Waals surface area contributed by atoms with Gasteiger partial charge in [0.25, 0.3) is 0 Å². The standard InChI is InChI=1S/C18H14ClFN2/c1-10-5-14-13(9-21)8-16(20)15(18(14)11(10)2)6-12-3-4-22-17(19)7-12/h3-4,7-8H,5-6H2,1-2H3. The van der Waals surface area contributed by atoms with Gasteiger partial charge >= 0.3 is 0 Å². The lowest BCUT2D eigenvalue weighted by molar-refractivity contribution is 0.612. The van der Waals surface area contributed by atoms with E-state index < -0.39 is 0 Å². The van der Waals surface area contributed by atoms with Crippen LogP contribution in [0.1, 0.15) is 41.7 Å². The molecule has 110 valence electrons. The quantitative estimate of drug-likeness (QED) is 0.754. The first kappa shape index (κ1) is 14.7. The summed E-state index contributed by atoms with van der Waals surface area (Å²) in [7, 11) is 0. The van der Waals surface area contributed by atoms with Gasteiger partial charge in [0.15, 0.2) is 0 Å². The Morgan fingerprint density at radius 3 is 2.82 bits per heavy atom. The largest absolute Gasteiger partial charge is 0.245 e. The molecule has 0 bridgehead atoms. The van der Waals surface area contributed by atoms with Crippen molar-refractivity contribution in [2.45, 2.75) is 26.7 Å². The predicted molar refractivity (Wildman–Crippen MR) is 85.1 cm³/mol. The van der Waals surface area contributed by atoms with Crippen molar-refractivity contribution in [2.75, 3.05) is 0 Å². The molecule has 0 fully saturated rings. The fourth-order valence-corrected chi connectivity index (χ4v) is 3.21. The second kappa shape index (κ2) is 5.55. The minimum absolute atomic E-state index is 0.336. The number of rotatable bonds is 2. The molecular formula is C18H14ClFN2. The average molecular weight is 313 g/mol. The molecule has 0 radical (unpaired) electrons. The zero-order chi connectivity index (χ0) is 15.9. The van der Waals surface area contributed by atoms with E-state index in [1.54, 1.807) is 12.3 Å². The van der Waals surface area contributed by atoms with E-state index in [1.807, 2.05) is 19.9 Å². The van der Waals surface area contributed by atoms with E-state index in [0.29, 0.717) is 29.1 Å². The summed E-state index contributed by atoms with van der Waals surface area (Å²) in [5, 5.41) is 9.65. The van der Waals surface area contributed by atoms with Crippen LogP contribution in [0.3, 0.4) is 0 Å². The number of hydrogen-bond acceptors (Lipinski definition) is 2. The van der Waals surface area contributed by atoms with Gasteiger partial charge in [0.05, 0.1) is 11.6 Å². The van der Waals surface area contributed by atoms with Crippen LogP contribution in [0.15, 0.2) is 30.0 Å². The molecule has 1 aliphatic carbocycles. The van der Waals surface area contributed by atoms with Gasteiger partial charge in [0, 0.05) is 18.2 Å². The number of fused-ring (bicyclic) bond motifs is 1. The minimum Gasteiger partial charge on any atom is -0.245 e. The third-order valence-corrected chi connectivity index (χ3v) is 4.44. The van der Waals surface area contributed by atoms with Crippen molar-refractivity contribution < 1.29 is 4.39 Å². The third-order valence-electron chi connectivity index (χ3n) is 4.24. The summed E-state index contributed by atoms with van der Waals surface area (Å²) in [4.78, 5) is 3.95. The highest BCUT2D eigenvalue weighted by Crippen LogP contribution is 2.38. The first-order chi connectivity index (χ1) is 10.5. The van der Waals surface area contributed by atoms with Crippen molar-refractivity contribution >= 4 is 17.2 Å². The summed E-state index contributed by atoms with van der Waals surface area (Å²) in [6, 6.07) is 7.03. The van der Waals surface area contributed by atoms with E-state index >= 15 is 0 Å². The number of nitrogens with zero attached hydrogens (tertiary/aromatic N) is 2. The predicted octanol–water partition coefficient (Wildman–Crippen LogP) is 4.69. The summed E-state index contributed by atoms with van der Waals surface area (Å²) < 4.78 is 14.6. The van der Waals surface area contributed by atoms with E-state index in [4.69, 9.17) is 11.6 Å². The molecule has 2 nitrogen and oxygen atoms in total. The zero-order valence-electron chi connectivity index (χ0n) is 12.4. The first-order valence-corrected chi connectivity index (χ1v) is 7.40. The van der Waals surface area contributed by atoms with Crippen LogP contribution < -0.4 is 0 Å². The smallest absolute Gasteiger partial charge is 0.129 e. The minimum atomic E-state index is -0.336. The number of nitriles is 1. The summed E-state index contributed by atoms with van der Waals surface area (Å²) in [6.07, 6.45) is 2.77.